The molecular weight excluding hydrogens is 337 g/mol. The Balaban J connectivity index is 2.02. The Morgan fingerprint density at radius 3 is 2.44 bits per heavy atom. The summed E-state index contributed by atoms with van der Waals surface area (Å²) in [6, 6.07) is 5.97. The van der Waals surface area contributed by atoms with Crippen LogP contribution in [-0.2, 0) is 6.18 Å². The summed E-state index contributed by atoms with van der Waals surface area (Å²) in [6.45, 7) is 2.76. The third kappa shape index (κ3) is 5.28. The third-order valence-electron chi connectivity index (χ3n) is 3.46. The minimum Gasteiger partial charge on any atom is -0.350 e. The Labute approximate surface area is 143 Å². The fraction of sp³-hybridized carbons (Fsp3) is 0.438. The van der Waals surface area contributed by atoms with Crippen LogP contribution in [0.3, 0.4) is 0 Å². The average Bonchev–Trinajstić information content (AvgIpc) is 3.03. The van der Waals surface area contributed by atoms with Crippen LogP contribution in [0.5, 0.6) is 0 Å². The molecule has 0 bridgehead atoms. The zero-order valence-corrected chi connectivity index (χ0v) is 14.1. The van der Waals surface area contributed by atoms with Gasteiger partial charge in [-0.25, -0.2) is 0 Å². The summed E-state index contributed by atoms with van der Waals surface area (Å²) >= 11 is 0. The number of halogens is 3. The lowest BCUT2D eigenvalue weighted by Gasteiger charge is -2.16. The van der Waals surface area contributed by atoms with Crippen molar-refractivity contribution in [2.75, 3.05) is 20.6 Å². The number of benzene rings is 1. The van der Waals surface area contributed by atoms with Gasteiger partial charge in [-0.15, -0.1) is 0 Å². The smallest absolute Gasteiger partial charge is 0.350 e. The van der Waals surface area contributed by atoms with Crippen LogP contribution in [0.15, 0.2) is 28.8 Å². The van der Waals surface area contributed by atoms with Crippen LogP contribution in [0.25, 0.3) is 11.4 Å². The van der Waals surface area contributed by atoms with Crippen molar-refractivity contribution in [3.63, 3.8) is 0 Å². The van der Waals surface area contributed by atoms with Crippen LogP contribution >= 0.6 is 0 Å². The van der Waals surface area contributed by atoms with Gasteiger partial charge in [0.2, 0.25) is 5.82 Å². The lowest BCUT2D eigenvalue weighted by molar-refractivity contribution is -0.159. The molecule has 0 radical (unpaired) electrons. The topological polar surface area (TPSA) is 71.3 Å². The summed E-state index contributed by atoms with van der Waals surface area (Å²) < 4.78 is 41.6. The van der Waals surface area contributed by atoms with Crippen molar-refractivity contribution >= 4 is 5.91 Å². The van der Waals surface area contributed by atoms with E-state index in [1.54, 1.807) is 0 Å². The second-order valence-electron chi connectivity index (χ2n) is 5.96. The third-order valence-corrected chi connectivity index (χ3v) is 3.46. The maximum absolute atomic E-state index is 12.5. The molecule has 0 aliphatic carbocycles. The Morgan fingerprint density at radius 2 is 1.92 bits per heavy atom. The van der Waals surface area contributed by atoms with Crippen molar-refractivity contribution in [2.24, 2.45) is 0 Å². The van der Waals surface area contributed by atoms with Crippen molar-refractivity contribution in [2.45, 2.75) is 25.6 Å². The molecular formula is C16H19F3N4O2. The number of hydrogen-bond acceptors (Lipinski definition) is 5. The highest BCUT2D eigenvalue weighted by molar-refractivity contribution is 5.94. The van der Waals surface area contributed by atoms with Crippen LogP contribution in [0.1, 0.15) is 29.6 Å². The molecule has 0 fully saturated rings. The molecule has 6 nitrogen and oxygen atoms in total. The molecule has 136 valence electrons. The van der Waals surface area contributed by atoms with E-state index in [4.69, 9.17) is 0 Å². The molecule has 0 saturated carbocycles. The molecule has 0 spiro atoms. The van der Waals surface area contributed by atoms with Gasteiger partial charge in [-0.1, -0.05) is 17.3 Å². The maximum Gasteiger partial charge on any atom is 0.471 e. The molecule has 1 amide bonds. The first-order valence-corrected chi connectivity index (χ1v) is 7.63. The molecule has 1 heterocycles. The first kappa shape index (κ1) is 18.9. The number of alkyl halides is 3. The highest BCUT2D eigenvalue weighted by Gasteiger charge is 2.38. The van der Waals surface area contributed by atoms with E-state index >= 15 is 0 Å². The molecule has 1 atom stereocenters. The highest BCUT2D eigenvalue weighted by atomic mass is 19.4. The Hall–Kier alpha value is -2.42. The Kier molecular flexibility index (Phi) is 5.78. The van der Waals surface area contributed by atoms with Crippen molar-refractivity contribution in [3.05, 3.63) is 35.7 Å². The van der Waals surface area contributed by atoms with Crippen molar-refractivity contribution in [3.8, 4) is 11.4 Å². The molecule has 1 N–H and O–H groups in total. The lowest BCUT2D eigenvalue weighted by Crippen LogP contribution is -2.34. The summed E-state index contributed by atoms with van der Waals surface area (Å²) in [5.41, 5.74) is 0.733. The number of rotatable bonds is 6. The molecule has 1 unspecified atom stereocenters. The van der Waals surface area contributed by atoms with Crippen LogP contribution in [0.4, 0.5) is 13.2 Å². The second kappa shape index (κ2) is 7.64. The van der Waals surface area contributed by atoms with E-state index in [0.29, 0.717) is 11.1 Å². The van der Waals surface area contributed by atoms with Crippen molar-refractivity contribution < 1.29 is 22.5 Å². The summed E-state index contributed by atoms with van der Waals surface area (Å²) in [6.07, 6.45) is -3.88. The number of carbonyl (C=O) groups excluding carboxylic acids is 1. The fourth-order valence-electron chi connectivity index (χ4n) is 2.06. The van der Waals surface area contributed by atoms with Crippen molar-refractivity contribution in [1.29, 1.82) is 0 Å². The molecule has 2 aromatic rings. The van der Waals surface area contributed by atoms with E-state index in [-0.39, 0.29) is 17.8 Å². The minimum absolute atomic E-state index is 0.00104. The summed E-state index contributed by atoms with van der Waals surface area (Å²) in [5, 5.41) is 6.18. The number of hydrogen-bond donors (Lipinski definition) is 1. The number of nitrogens with one attached hydrogen (secondary N) is 1. The van der Waals surface area contributed by atoms with Gasteiger partial charge in [0.05, 0.1) is 0 Å². The van der Waals surface area contributed by atoms with E-state index in [9.17, 15) is 18.0 Å². The molecule has 0 saturated heterocycles. The first-order valence-electron chi connectivity index (χ1n) is 7.63. The molecule has 9 heteroatoms. The van der Waals surface area contributed by atoms with Crippen LogP contribution in [-0.4, -0.2) is 47.6 Å². The van der Waals surface area contributed by atoms with Gasteiger partial charge in [-0.2, -0.15) is 18.2 Å². The van der Waals surface area contributed by atoms with E-state index in [1.165, 1.54) is 24.3 Å². The van der Waals surface area contributed by atoms with E-state index < -0.39 is 12.1 Å². The highest BCUT2D eigenvalue weighted by Crippen LogP contribution is 2.29. The van der Waals surface area contributed by atoms with Gasteiger partial charge in [0.1, 0.15) is 0 Å². The van der Waals surface area contributed by atoms with Gasteiger partial charge >= 0.3 is 12.1 Å². The van der Waals surface area contributed by atoms with E-state index in [2.05, 4.69) is 20.0 Å². The first-order chi connectivity index (χ1) is 11.7. The number of aromatic nitrogens is 2. The Bertz CT molecular complexity index is 711. The zero-order chi connectivity index (χ0) is 18.6. The Morgan fingerprint density at radius 1 is 1.28 bits per heavy atom. The molecule has 2 rings (SSSR count). The maximum atomic E-state index is 12.5. The SMILES string of the molecule is CC(CCN(C)C)NC(=O)c1ccc(-c2noc(C(F)(F)F)n2)cc1. The van der Waals surface area contributed by atoms with Gasteiger partial charge in [0.25, 0.3) is 5.91 Å². The van der Waals surface area contributed by atoms with Gasteiger partial charge < -0.3 is 14.7 Å². The molecule has 25 heavy (non-hydrogen) atoms. The number of amides is 1. The molecule has 1 aromatic heterocycles. The quantitative estimate of drug-likeness (QED) is 0.862. The van der Waals surface area contributed by atoms with E-state index in [1.807, 2.05) is 25.9 Å². The lowest BCUT2D eigenvalue weighted by atomic mass is 10.1. The second-order valence-corrected chi connectivity index (χ2v) is 5.96. The molecule has 0 aliphatic heterocycles. The standard InChI is InChI=1S/C16H19F3N4O2/c1-10(8-9-23(2)3)20-14(24)12-6-4-11(5-7-12)13-21-15(25-22-13)16(17,18)19/h4-7,10H,8-9H2,1-3H3,(H,20,24). The zero-order valence-electron chi connectivity index (χ0n) is 14.1. The van der Waals surface area contributed by atoms with Crippen LogP contribution < -0.4 is 5.32 Å². The average molecular weight is 356 g/mol. The molecule has 0 aliphatic rings. The van der Waals surface area contributed by atoms with Gasteiger partial charge in [0, 0.05) is 17.2 Å². The van der Waals surface area contributed by atoms with Gasteiger partial charge in [-0.3, -0.25) is 4.79 Å². The summed E-state index contributed by atoms with van der Waals surface area (Å²) in [4.78, 5) is 17.5. The fourth-order valence-corrected chi connectivity index (χ4v) is 2.06. The van der Waals surface area contributed by atoms with Crippen LogP contribution in [0, 0.1) is 0 Å². The predicted molar refractivity (Wildman–Crippen MR) is 84.8 cm³/mol. The normalized spacial score (nSPS) is 13.1. The number of nitrogens with zero attached hydrogens (tertiary/aromatic N) is 3. The largest absolute Gasteiger partial charge is 0.471 e. The monoisotopic (exact) mass is 356 g/mol. The minimum atomic E-state index is -4.69. The van der Waals surface area contributed by atoms with Gasteiger partial charge in [-0.05, 0) is 46.1 Å². The summed E-state index contributed by atoms with van der Waals surface area (Å²) in [7, 11) is 3.91. The van der Waals surface area contributed by atoms with Crippen molar-refractivity contribution in [1.82, 2.24) is 20.4 Å². The number of carbonyl (C=O) groups is 1. The van der Waals surface area contributed by atoms with Crippen LogP contribution in [0.2, 0.25) is 0 Å². The van der Waals surface area contributed by atoms with E-state index in [0.717, 1.165) is 13.0 Å². The van der Waals surface area contributed by atoms with Gasteiger partial charge in [0.15, 0.2) is 0 Å². The molecule has 1 aromatic carbocycles. The predicted octanol–water partition coefficient (Wildman–Crippen LogP) is 2.83. The summed E-state index contributed by atoms with van der Waals surface area (Å²) in [5.74, 6) is -1.83.